The molecule has 0 N–H and O–H groups in total. The Morgan fingerprint density at radius 3 is 2.50 bits per heavy atom. The molecular formula is C15H23NO4. The van der Waals surface area contributed by atoms with Crippen LogP contribution < -0.4 is 0 Å². The number of hydrogen-bond donors (Lipinski definition) is 0. The van der Waals surface area contributed by atoms with Gasteiger partial charge in [-0.05, 0) is 41.0 Å². The Labute approximate surface area is 120 Å². The number of fused-ring (bicyclic) bond motifs is 1. The van der Waals surface area contributed by atoms with Crippen LogP contribution in [0.4, 0.5) is 0 Å². The van der Waals surface area contributed by atoms with Crippen LogP contribution in [-0.4, -0.2) is 30.6 Å². The summed E-state index contributed by atoms with van der Waals surface area (Å²) >= 11 is 0. The summed E-state index contributed by atoms with van der Waals surface area (Å²) in [5.41, 5.74) is -0.515. The molecule has 1 heterocycles. The number of nitrogens with zero attached hydrogens (tertiary/aromatic N) is 1. The number of hydrogen-bond acceptors (Lipinski definition) is 5. The van der Waals surface area contributed by atoms with Gasteiger partial charge in [-0.1, -0.05) is 0 Å². The van der Waals surface area contributed by atoms with E-state index < -0.39 is 11.2 Å². The molecule has 4 atom stereocenters. The Morgan fingerprint density at radius 1 is 1.35 bits per heavy atom. The Morgan fingerprint density at radius 2 is 1.95 bits per heavy atom. The maximum Gasteiger partial charge on any atom is 0.311 e. The van der Waals surface area contributed by atoms with Gasteiger partial charge in [0.25, 0.3) is 0 Å². The summed E-state index contributed by atoms with van der Waals surface area (Å²) in [6.07, 6.45) is 0.273. The SMILES string of the molecule is CC1(C)O[C@@H]2[C@@H](COC(=O)C(C)(C)C)C[C@@H](C#N)[C@@H]2O1. The van der Waals surface area contributed by atoms with Gasteiger partial charge in [0.05, 0.1) is 30.1 Å². The van der Waals surface area contributed by atoms with Crippen molar-refractivity contribution in [1.82, 2.24) is 0 Å². The molecule has 20 heavy (non-hydrogen) atoms. The molecule has 0 aromatic heterocycles. The summed E-state index contributed by atoms with van der Waals surface area (Å²) in [4.78, 5) is 11.8. The standard InChI is InChI=1S/C15H23NO4/c1-14(2,3)13(17)18-8-10-6-9(7-16)11-12(10)20-15(4,5)19-11/h9-12H,6,8H2,1-5H3/t9-,10+,11-,12+/m0/s1. The van der Waals surface area contributed by atoms with E-state index in [-0.39, 0.29) is 36.6 Å². The maximum atomic E-state index is 11.8. The van der Waals surface area contributed by atoms with Crippen LogP contribution in [0.15, 0.2) is 0 Å². The second-order valence-corrected chi connectivity index (χ2v) is 7.14. The second-order valence-electron chi connectivity index (χ2n) is 7.14. The summed E-state index contributed by atoms with van der Waals surface area (Å²) in [6.45, 7) is 9.44. The molecule has 0 aromatic rings. The van der Waals surface area contributed by atoms with Crippen molar-refractivity contribution >= 4 is 5.97 Å². The first-order valence-corrected chi connectivity index (χ1v) is 7.06. The normalized spacial score (nSPS) is 35.4. The fourth-order valence-corrected chi connectivity index (χ4v) is 2.78. The number of rotatable bonds is 2. The van der Waals surface area contributed by atoms with Crippen molar-refractivity contribution in [2.24, 2.45) is 17.3 Å². The average molecular weight is 281 g/mol. The first-order valence-electron chi connectivity index (χ1n) is 7.06. The van der Waals surface area contributed by atoms with E-state index in [0.29, 0.717) is 6.42 Å². The van der Waals surface area contributed by atoms with Crippen LogP contribution in [-0.2, 0) is 19.0 Å². The van der Waals surface area contributed by atoms with Crippen molar-refractivity contribution < 1.29 is 19.0 Å². The lowest BCUT2D eigenvalue weighted by Gasteiger charge is -2.23. The Kier molecular flexibility index (Phi) is 3.83. The third-order valence-corrected chi connectivity index (χ3v) is 3.79. The smallest absolute Gasteiger partial charge is 0.311 e. The maximum absolute atomic E-state index is 11.8. The topological polar surface area (TPSA) is 68.5 Å². The van der Waals surface area contributed by atoms with Gasteiger partial charge in [-0.15, -0.1) is 0 Å². The van der Waals surface area contributed by atoms with Crippen molar-refractivity contribution in [3.8, 4) is 6.07 Å². The van der Waals surface area contributed by atoms with Gasteiger partial charge in [0.2, 0.25) is 0 Å². The number of ether oxygens (including phenoxy) is 3. The van der Waals surface area contributed by atoms with Crippen LogP contribution in [0.3, 0.4) is 0 Å². The fraction of sp³-hybridized carbons (Fsp3) is 0.867. The van der Waals surface area contributed by atoms with E-state index in [1.807, 2.05) is 34.6 Å². The lowest BCUT2D eigenvalue weighted by molar-refractivity contribution is -0.166. The summed E-state index contributed by atoms with van der Waals surface area (Å²) in [5.74, 6) is -1.07. The highest BCUT2D eigenvalue weighted by Gasteiger charge is 2.54. The molecule has 2 aliphatic rings. The van der Waals surface area contributed by atoms with Crippen LogP contribution in [0.5, 0.6) is 0 Å². The van der Waals surface area contributed by atoms with E-state index in [1.165, 1.54) is 0 Å². The number of esters is 1. The summed E-state index contributed by atoms with van der Waals surface area (Å²) in [7, 11) is 0. The quantitative estimate of drug-likeness (QED) is 0.726. The largest absolute Gasteiger partial charge is 0.465 e. The lowest BCUT2D eigenvalue weighted by Crippen LogP contribution is -2.31. The predicted octanol–water partition coefficient (Wildman–Crippen LogP) is 2.26. The van der Waals surface area contributed by atoms with E-state index in [4.69, 9.17) is 14.2 Å². The Hall–Kier alpha value is -1.12. The summed E-state index contributed by atoms with van der Waals surface area (Å²) in [6, 6.07) is 2.28. The van der Waals surface area contributed by atoms with Gasteiger partial charge in [0.15, 0.2) is 5.79 Å². The molecule has 0 spiro atoms. The molecule has 0 radical (unpaired) electrons. The summed E-state index contributed by atoms with van der Waals surface area (Å²) in [5, 5.41) is 9.21. The zero-order valence-corrected chi connectivity index (χ0v) is 12.8. The van der Waals surface area contributed by atoms with Crippen molar-refractivity contribution in [2.75, 3.05) is 6.61 Å². The molecule has 5 nitrogen and oxygen atoms in total. The first-order chi connectivity index (χ1) is 9.14. The van der Waals surface area contributed by atoms with Crippen molar-refractivity contribution in [1.29, 1.82) is 5.26 Å². The second kappa shape index (κ2) is 5.01. The zero-order chi connectivity index (χ0) is 15.1. The number of carbonyl (C=O) groups is 1. The highest BCUT2D eigenvalue weighted by atomic mass is 16.8. The van der Waals surface area contributed by atoms with Crippen LogP contribution in [0.1, 0.15) is 41.0 Å². The van der Waals surface area contributed by atoms with E-state index >= 15 is 0 Å². The minimum absolute atomic E-state index is 0.0257. The molecule has 1 saturated heterocycles. The van der Waals surface area contributed by atoms with Gasteiger partial charge in [-0.25, -0.2) is 0 Å². The van der Waals surface area contributed by atoms with E-state index in [1.54, 1.807) is 0 Å². The Bertz CT molecular complexity index is 432. The van der Waals surface area contributed by atoms with Gasteiger partial charge in [0.1, 0.15) is 6.10 Å². The molecule has 0 bridgehead atoms. The highest BCUT2D eigenvalue weighted by Crippen LogP contribution is 2.44. The van der Waals surface area contributed by atoms with E-state index in [2.05, 4.69) is 6.07 Å². The van der Waals surface area contributed by atoms with Crippen LogP contribution in [0.25, 0.3) is 0 Å². The van der Waals surface area contributed by atoms with Crippen molar-refractivity contribution in [2.45, 2.75) is 59.0 Å². The van der Waals surface area contributed by atoms with Gasteiger partial charge >= 0.3 is 5.97 Å². The van der Waals surface area contributed by atoms with Crippen LogP contribution in [0, 0.1) is 28.6 Å². The molecule has 1 saturated carbocycles. The third kappa shape index (κ3) is 2.97. The minimum atomic E-state index is -0.670. The van der Waals surface area contributed by atoms with E-state index in [0.717, 1.165) is 0 Å². The van der Waals surface area contributed by atoms with Crippen LogP contribution in [0.2, 0.25) is 0 Å². The predicted molar refractivity (Wildman–Crippen MR) is 71.4 cm³/mol. The van der Waals surface area contributed by atoms with Crippen LogP contribution >= 0.6 is 0 Å². The monoisotopic (exact) mass is 281 g/mol. The molecule has 1 aliphatic heterocycles. The Balaban J connectivity index is 2.00. The molecule has 1 aliphatic carbocycles. The first kappa shape index (κ1) is 15.3. The average Bonchev–Trinajstić information content (AvgIpc) is 2.78. The summed E-state index contributed by atoms with van der Waals surface area (Å²) < 4.78 is 17.0. The molecule has 5 heteroatoms. The molecule has 0 unspecified atom stereocenters. The van der Waals surface area contributed by atoms with Gasteiger partial charge in [-0.3, -0.25) is 4.79 Å². The molecule has 2 rings (SSSR count). The van der Waals surface area contributed by atoms with Gasteiger partial charge < -0.3 is 14.2 Å². The zero-order valence-electron chi connectivity index (χ0n) is 12.8. The molecule has 2 fully saturated rings. The van der Waals surface area contributed by atoms with Crippen molar-refractivity contribution in [3.63, 3.8) is 0 Å². The fourth-order valence-electron chi connectivity index (χ4n) is 2.78. The molecule has 0 aromatic carbocycles. The van der Waals surface area contributed by atoms with Gasteiger partial charge in [-0.2, -0.15) is 5.26 Å². The van der Waals surface area contributed by atoms with Gasteiger partial charge in [0, 0.05) is 5.92 Å². The lowest BCUT2D eigenvalue weighted by atomic mass is 9.97. The number of carbonyl (C=O) groups excluding carboxylic acids is 1. The molecular weight excluding hydrogens is 258 g/mol. The molecule has 112 valence electrons. The minimum Gasteiger partial charge on any atom is -0.465 e. The van der Waals surface area contributed by atoms with E-state index in [9.17, 15) is 10.1 Å². The molecule has 0 amide bonds. The number of nitriles is 1. The highest BCUT2D eigenvalue weighted by molar-refractivity contribution is 5.75. The van der Waals surface area contributed by atoms with Crippen molar-refractivity contribution in [3.05, 3.63) is 0 Å². The third-order valence-electron chi connectivity index (χ3n) is 3.79.